The molecular weight excluding hydrogens is 641 g/mol. The third kappa shape index (κ3) is 8.69. The Morgan fingerprint density at radius 3 is 1.96 bits per heavy atom. The Kier molecular flexibility index (Phi) is 11.5. The van der Waals surface area contributed by atoms with Gasteiger partial charge >= 0.3 is 0 Å². The first-order chi connectivity index (χ1) is 21.8. The number of para-hydroxylation sites is 1. The Hall–Kier alpha value is -3.85. The summed E-state index contributed by atoms with van der Waals surface area (Å²) in [5, 5.41) is 3.67. The maximum atomic E-state index is 14.7. The van der Waals surface area contributed by atoms with E-state index in [-0.39, 0.29) is 23.8 Å². The number of sulfonamides is 1. The lowest BCUT2D eigenvalue weighted by Crippen LogP contribution is -2.56. The van der Waals surface area contributed by atoms with Gasteiger partial charge in [-0.15, -0.1) is 0 Å². The third-order valence-electron chi connectivity index (χ3n) is 7.41. The van der Waals surface area contributed by atoms with Crippen molar-refractivity contribution in [3.63, 3.8) is 0 Å². The van der Waals surface area contributed by atoms with Crippen molar-refractivity contribution >= 4 is 50.7 Å². The van der Waals surface area contributed by atoms with Gasteiger partial charge in [-0.05, 0) is 68.7 Å². The van der Waals surface area contributed by atoms with Crippen LogP contribution in [0.25, 0.3) is 0 Å². The van der Waals surface area contributed by atoms with Gasteiger partial charge in [-0.1, -0.05) is 103 Å². The highest BCUT2D eigenvalue weighted by Crippen LogP contribution is 2.30. The highest BCUT2D eigenvalue weighted by atomic mass is 35.5. The molecule has 0 unspecified atom stereocenters. The van der Waals surface area contributed by atoms with Crippen LogP contribution in [-0.2, 0) is 39.0 Å². The summed E-state index contributed by atoms with van der Waals surface area (Å²) < 4.78 is 29.6. The van der Waals surface area contributed by atoms with Gasteiger partial charge in [0, 0.05) is 34.1 Å². The van der Waals surface area contributed by atoms with Crippen molar-refractivity contribution in [2.24, 2.45) is 0 Å². The van der Waals surface area contributed by atoms with E-state index in [0.717, 1.165) is 15.4 Å². The van der Waals surface area contributed by atoms with E-state index >= 15 is 0 Å². The van der Waals surface area contributed by atoms with Crippen molar-refractivity contribution in [1.29, 1.82) is 0 Å². The van der Waals surface area contributed by atoms with Crippen molar-refractivity contribution in [3.8, 4) is 0 Å². The molecule has 4 aromatic rings. The van der Waals surface area contributed by atoms with Crippen LogP contribution in [0.2, 0.25) is 10.0 Å². The number of aryl methyl sites for hydroxylation is 1. The number of carbonyl (C=O) groups excluding carboxylic acids is 2. The fourth-order valence-corrected chi connectivity index (χ4v) is 7.14. The zero-order valence-electron chi connectivity index (χ0n) is 26.4. The van der Waals surface area contributed by atoms with Crippen LogP contribution in [0.1, 0.15) is 44.4 Å². The number of hydrogen-bond acceptors (Lipinski definition) is 4. The van der Waals surface area contributed by atoms with Crippen LogP contribution in [0.3, 0.4) is 0 Å². The summed E-state index contributed by atoms with van der Waals surface area (Å²) >= 11 is 13.2. The molecule has 7 nitrogen and oxygen atoms in total. The zero-order chi connectivity index (χ0) is 33.5. The van der Waals surface area contributed by atoms with E-state index in [1.165, 1.54) is 17.0 Å². The van der Waals surface area contributed by atoms with Gasteiger partial charge in [-0.3, -0.25) is 13.9 Å². The molecule has 4 aromatic carbocycles. The largest absolute Gasteiger partial charge is 0.350 e. The number of nitrogens with one attached hydrogen (secondary N) is 1. The van der Waals surface area contributed by atoms with E-state index in [2.05, 4.69) is 5.32 Å². The first-order valence-corrected chi connectivity index (χ1v) is 17.3. The summed E-state index contributed by atoms with van der Waals surface area (Å²) in [7, 11) is -4.20. The van der Waals surface area contributed by atoms with Crippen LogP contribution in [0.5, 0.6) is 0 Å². The van der Waals surface area contributed by atoms with Crippen molar-refractivity contribution in [2.45, 2.75) is 63.6 Å². The number of anilines is 1. The molecule has 0 aromatic heterocycles. The summed E-state index contributed by atoms with van der Waals surface area (Å²) in [6.45, 7) is 6.81. The molecule has 0 aliphatic rings. The molecule has 1 atom stereocenters. The van der Waals surface area contributed by atoms with Gasteiger partial charge in [-0.2, -0.15) is 0 Å². The molecule has 0 fully saturated rings. The lowest BCUT2D eigenvalue weighted by atomic mass is 10.0. The van der Waals surface area contributed by atoms with Gasteiger partial charge in [0.2, 0.25) is 11.8 Å². The SMILES string of the molecule is CCc1ccccc1N(CC(=O)N(Cc1c(Cl)cccc1Cl)[C@@H](Cc1ccccc1)C(=O)NC(C)(C)C)S(=O)(=O)c1ccccc1. The number of amides is 2. The Balaban J connectivity index is 1.87. The molecular formula is C36H39Cl2N3O4S. The molecule has 0 spiro atoms. The van der Waals surface area contributed by atoms with Gasteiger partial charge < -0.3 is 10.2 Å². The molecule has 0 saturated carbocycles. The molecule has 242 valence electrons. The molecule has 0 bridgehead atoms. The summed E-state index contributed by atoms with van der Waals surface area (Å²) in [4.78, 5) is 30.2. The van der Waals surface area contributed by atoms with Gasteiger partial charge in [0.25, 0.3) is 10.0 Å². The minimum Gasteiger partial charge on any atom is -0.350 e. The van der Waals surface area contributed by atoms with Gasteiger partial charge in [-0.25, -0.2) is 8.42 Å². The van der Waals surface area contributed by atoms with E-state index in [4.69, 9.17) is 23.2 Å². The molecule has 0 aliphatic carbocycles. The minimum absolute atomic E-state index is 0.0423. The molecule has 0 radical (unpaired) electrons. The topological polar surface area (TPSA) is 86.8 Å². The smallest absolute Gasteiger partial charge is 0.264 e. The molecule has 0 aliphatic heterocycles. The second-order valence-corrected chi connectivity index (χ2v) is 14.7. The third-order valence-corrected chi connectivity index (χ3v) is 9.89. The summed E-state index contributed by atoms with van der Waals surface area (Å²) in [6.07, 6.45) is 0.711. The molecule has 1 N–H and O–H groups in total. The summed E-state index contributed by atoms with van der Waals surface area (Å²) in [6, 6.07) is 28.5. The lowest BCUT2D eigenvalue weighted by Gasteiger charge is -2.36. The molecule has 0 saturated heterocycles. The zero-order valence-corrected chi connectivity index (χ0v) is 28.7. The molecule has 4 rings (SSSR count). The predicted octanol–water partition coefficient (Wildman–Crippen LogP) is 7.31. The normalized spacial score (nSPS) is 12.3. The lowest BCUT2D eigenvalue weighted by molar-refractivity contribution is -0.140. The number of rotatable bonds is 12. The number of benzene rings is 4. The average Bonchev–Trinajstić information content (AvgIpc) is 3.02. The molecule has 0 heterocycles. The van der Waals surface area contributed by atoms with E-state index in [0.29, 0.717) is 27.7 Å². The van der Waals surface area contributed by atoms with Crippen LogP contribution in [-0.4, -0.2) is 43.3 Å². The van der Waals surface area contributed by atoms with E-state index in [1.54, 1.807) is 48.5 Å². The first kappa shape index (κ1) is 35.0. The quantitative estimate of drug-likeness (QED) is 0.170. The Morgan fingerprint density at radius 2 is 1.37 bits per heavy atom. The second kappa shape index (κ2) is 15.2. The molecule has 2 amide bonds. The van der Waals surface area contributed by atoms with Crippen molar-refractivity contribution in [2.75, 3.05) is 10.8 Å². The first-order valence-electron chi connectivity index (χ1n) is 15.1. The van der Waals surface area contributed by atoms with Crippen molar-refractivity contribution < 1.29 is 18.0 Å². The maximum Gasteiger partial charge on any atom is 0.264 e. The maximum absolute atomic E-state index is 14.7. The van der Waals surface area contributed by atoms with Gasteiger partial charge in [0.15, 0.2) is 0 Å². The number of hydrogen-bond donors (Lipinski definition) is 1. The summed E-state index contributed by atoms with van der Waals surface area (Å²) in [5.74, 6) is -0.981. The van der Waals surface area contributed by atoms with Crippen LogP contribution in [0.15, 0.2) is 108 Å². The standard InChI is InChI=1S/C36H39Cl2N3O4S/c1-5-27-17-12-13-22-32(27)41(46(44,45)28-18-10-7-11-19-28)25-34(42)40(24-29-30(37)20-14-21-31(29)38)33(35(43)39-36(2,3)4)23-26-15-8-6-9-16-26/h6-22,33H,5,23-25H2,1-4H3,(H,39,43)/t33-/m0/s1. The average molecular weight is 681 g/mol. The number of halogens is 2. The fourth-order valence-electron chi connectivity index (χ4n) is 5.15. The molecule has 10 heteroatoms. The van der Waals surface area contributed by atoms with Crippen LogP contribution in [0.4, 0.5) is 5.69 Å². The van der Waals surface area contributed by atoms with Crippen molar-refractivity contribution in [1.82, 2.24) is 10.2 Å². The van der Waals surface area contributed by atoms with E-state index in [1.807, 2.05) is 70.2 Å². The summed E-state index contributed by atoms with van der Waals surface area (Å²) in [5.41, 5.74) is 1.81. The molecule has 46 heavy (non-hydrogen) atoms. The Labute approximate surface area is 282 Å². The highest BCUT2D eigenvalue weighted by Gasteiger charge is 2.36. The highest BCUT2D eigenvalue weighted by molar-refractivity contribution is 7.92. The monoisotopic (exact) mass is 679 g/mol. The fraction of sp³-hybridized carbons (Fsp3) is 0.278. The van der Waals surface area contributed by atoms with Crippen molar-refractivity contribution in [3.05, 3.63) is 130 Å². The Morgan fingerprint density at radius 1 is 0.804 bits per heavy atom. The van der Waals surface area contributed by atoms with Gasteiger partial charge in [0.05, 0.1) is 10.6 Å². The Bertz CT molecular complexity index is 1740. The van der Waals surface area contributed by atoms with Crippen LogP contribution >= 0.6 is 23.2 Å². The van der Waals surface area contributed by atoms with E-state index in [9.17, 15) is 18.0 Å². The second-order valence-electron chi connectivity index (χ2n) is 12.0. The predicted molar refractivity (Wildman–Crippen MR) is 186 cm³/mol. The van der Waals surface area contributed by atoms with Crippen LogP contribution < -0.4 is 9.62 Å². The number of carbonyl (C=O) groups is 2. The minimum atomic E-state index is -4.20. The van der Waals surface area contributed by atoms with Crippen LogP contribution in [0, 0.1) is 0 Å². The van der Waals surface area contributed by atoms with Gasteiger partial charge in [0.1, 0.15) is 12.6 Å². The number of nitrogens with zero attached hydrogens (tertiary/aromatic N) is 2. The van der Waals surface area contributed by atoms with E-state index < -0.39 is 34.1 Å².